The highest BCUT2D eigenvalue weighted by atomic mass is 32.2. The largest absolute Gasteiger partial charge is 0.361 e. The third kappa shape index (κ3) is 1.00. The maximum absolute atomic E-state index is 10.7. The van der Waals surface area contributed by atoms with Gasteiger partial charge in [-0.25, -0.2) is 8.42 Å². The topological polar surface area (TPSA) is 49.9 Å². The summed E-state index contributed by atoms with van der Waals surface area (Å²) in [5, 5.41) is 0.758. The Hall–Kier alpha value is -1.29. The van der Waals surface area contributed by atoms with Crippen molar-refractivity contribution in [2.45, 2.75) is 4.90 Å². The minimum absolute atomic E-state index is 0.378. The molecule has 0 spiro atoms. The van der Waals surface area contributed by atoms with Crippen molar-refractivity contribution in [1.29, 1.82) is 0 Å². The van der Waals surface area contributed by atoms with Gasteiger partial charge in [0, 0.05) is 17.1 Å². The predicted molar refractivity (Wildman–Crippen MR) is 46.9 cm³/mol. The molecule has 0 bridgehead atoms. The minimum atomic E-state index is -2.49. The van der Waals surface area contributed by atoms with Crippen molar-refractivity contribution in [2.24, 2.45) is 0 Å². The molecular weight excluding hydrogens is 174 g/mol. The third-order valence-corrected chi connectivity index (χ3v) is 2.55. The van der Waals surface area contributed by atoms with Gasteiger partial charge in [0.2, 0.25) is 0 Å². The molecule has 2 aromatic rings. The Morgan fingerprint density at radius 2 is 2.00 bits per heavy atom. The Labute approximate surface area is 71.0 Å². The molecule has 0 aliphatic rings. The van der Waals surface area contributed by atoms with E-state index in [0.717, 1.165) is 10.9 Å². The maximum atomic E-state index is 10.7. The van der Waals surface area contributed by atoms with Crippen molar-refractivity contribution in [3.05, 3.63) is 30.5 Å². The lowest BCUT2D eigenvalue weighted by Crippen LogP contribution is -1.79. The van der Waals surface area contributed by atoms with E-state index < -0.39 is 10.7 Å². The minimum Gasteiger partial charge on any atom is -0.361 e. The zero-order valence-corrected chi connectivity index (χ0v) is 7.04. The maximum Gasteiger partial charge on any atom is 0.168 e. The van der Waals surface area contributed by atoms with Crippen molar-refractivity contribution in [1.82, 2.24) is 4.98 Å². The fraction of sp³-hybridized carbons (Fsp3) is 0. The first kappa shape index (κ1) is 7.36. The molecule has 0 radical (unpaired) electrons. The number of H-pyrrole nitrogens is 1. The van der Waals surface area contributed by atoms with Gasteiger partial charge in [0.1, 0.15) is 0 Å². The van der Waals surface area contributed by atoms with Crippen LogP contribution in [0.3, 0.4) is 0 Å². The van der Waals surface area contributed by atoms with Gasteiger partial charge >= 0.3 is 0 Å². The van der Waals surface area contributed by atoms with E-state index in [1.165, 1.54) is 0 Å². The molecule has 1 aromatic heterocycles. The average molecular weight is 181 g/mol. The van der Waals surface area contributed by atoms with Gasteiger partial charge in [0.15, 0.2) is 10.7 Å². The first-order valence-corrected chi connectivity index (χ1v) is 4.67. The Bertz CT molecular complexity index is 477. The summed E-state index contributed by atoms with van der Waals surface area (Å²) in [6.45, 7) is 0. The van der Waals surface area contributed by atoms with Crippen LogP contribution in [0.5, 0.6) is 0 Å². The van der Waals surface area contributed by atoms with E-state index in [4.69, 9.17) is 0 Å². The predicted octanol–water partition coefficient (Wildman–Crippen LogP) is 1.14. The number of benzene rings is 1. The Balaban J connectivity index is 2.91. The molecule has 0 saturated carbocycles. The van der Waals surface area contributed by atoms with Gasteiger partial charge < -0.3 is 4.98 Å². The third-order valence-electron chi connectivity index (χ3n) is 1.77. The summed E-state index contributed by atoms with van der Waals surface area (Å²) in [5.74, 6) is 0. The molecule has 0 saturated heterocycles. The summed E-state index contributed by atoms with van der Waals surface area (Å²) >= 11 is 0. The average Bonchev–Trinajstić information content (AvgIpc) is 2.49. The molecule has 4 heteroatoms. The molecule has 0 aliphatic carbocycles. The van der Waals surface area contributed by atoms with Gasteiger partial charge in [-0.1, -0.05) is 6.07 Å². The van der Waals surface area contributed by atoms with Gasteiger partial charge in [-0.2, -0.15) is 0 Å². The Morgan fingerprint density at radius 1 is 1.17 bits per heavy atom. The normalized spacial score (nSPS) is 11.1. The fourth-order valence-corrected chi connectivity index (χ4v) is 1.83. The Morgan fingerprint density at radius 3 is 2.75 bits per heavy atom. The molecule has 1 heterocycles. The number of aromatic amines is 1. The summed E-state index contributed by atoms with van der Waals surface area (Å²) in [4.78, 5) is 3.33. The van der Waals surface area contributed by atoms with Crippen LogP contribution in [-0.2, 0) is 10.7 Å². The molecule has 2 rings (SSSR count). The van der Waals surface area contributed by atoms with E-state index in [9.17, 15) is 8.42 Å². The lowest BCUT2D eigenvalue weighted by Gasteiger charge is -1.92. The van der Waals surface area contributed by atoms with E-state index in [1.807, 2.05) is 6.07 Å². The highest BCUT2D eigenvalue weighted by molar-refractivity contribution is 7.72. The molecule has 1 N–H and O–H groups in total. The summed E-state index contributed by atoms with van der Waals surface area (Å²) in [7, 11) is -2.49. The van der Waals surface area contributed by atoms with Crippen molar-refractivity contribution in [2.75, 3.05) is 0 Å². The fourth-order valence-electron chi connectivity index (χ4n) is 1.23. The van der Waals surface area contributed by atoms with Crippen LogP contribution in [-0.4, -0.2) is 13.4 Å². The van der Waals surface area contributed by atoms with Gasteiger partial charge in [-0.3, -0.25) is 0 Å². The van der Waals surface area contributed by atoms with Crippen molar-refractivity contribution in [3.63, 3.8) is 0 Å². The number of nitrogens with one attached hydrogen (secondary N) is 1. The number of thiol groups is 1. The van der Waals surface area contributed by atoms with Crippen LogP contribution in [0.1, 0.15) is 0 Å². The lowest BCUT2D eigenvalue weighted by atomic mass is 10.2. The van der Waals surface area contributed by atoms with Gasteiger partial charge in [-0.15, -0.1) is 0 Å². The summed E-state index contributed by atoms with van der Waals surface area (Å²) in [6, 6.07) is 6.93. The first-order valence-electron chi connectivity index (χ1n) is 3.49. The highest BCUT2D eigenvalue weighted by Crippen LogP contribution is 2.17. The molecule has 0 aliphatic heterocycles. The SMILES string of the molecule is O=[SH](=O)c1cccc2[nH]ccc12. The van der Waals surface area contributed by atoms with Gasteiger partial charge in [-0.05, 0) is 18.2 Å². The zero-order valence-electron chi connectivity index (χ0n) is 6.15. The van der Waals surface area contributed by atoms with E-state index in [2.05, 4.69) is 4.98 Å². The van der Waals surface area contributed by atoms with Crippen LogP contribution >= 0.6 is 0 Å². The Kier molecular flexibility index (Phi) is 1.62. The number of fused-ring (bicyclic) bond motifs is 1. The highest BCUT2D eigenvalue weighted by Gasteiger charge is 2.01. The second kappa shape index (κ2) is 2.64. The first-order chi connectivity index (χ1) is 5.79. The number of hydrogen-bond donors (Lipinski definition) is 2. The van der Waals surface area contributed by atoms with Crippen molar-refractivity contribution < 1.29 is 8.42 Å². The van der Waals surface area contributed by atoms with Crippen LogP contribution in [0.25, 0.3) is 10.9 Å². The van der Waals surface area contributed by atoms with Crippen LogP contribution < -0.4 is 0 Å². The quantitative estimate of drug-likeness (QED) is 0.648. The van der Waals surface area contributed by atoms with Crippen LogP contribution in [0.15, 0.2) is 35.4 Å². The number of aromatic nitrogens is 1. The van der Waals surface area contributed by atoms with Crippen LogP contribution in [0, 0.1) is 0 Å². The van der Waals surface area contributed by atoms with E-state index in [1.54, 1.807) is 24.4 Å². The molecular formula is C8H7NO2S. The molecule has 0 unspecified atom stereocenters. The van der Waals surface area contributed by atoms with Gasteiger partial charge in [0.05, 0.1) is 4.90 Å². The summed E-state index contributed by atoms with van der Waals surface area (Å²) in [6.07, 6.45) is 1.73. The molecule has 1 aromatic carbocycles. The lowest BCUT2D eigenvalue weighted by molar-refractivity contribution is 0.615. The molecule has 0 atom stereocenters. The second-order valence-corrected chi connectivity index (χ2v) is 3.47. The standard InChI is InChI=1S/C8H7NO2S/c10-12(11)8-3-1-2-7-6(8)4-5-9-7/h1-5,9,12H. The second-order valence-electron chi connectivity index (χ2n) is 2.47. The summed E-state index contributed by atoms with van der Waals surface area (Å²) in [5.41, 5.74) is 0.853. The number of hydrogen-bond acceptors (Lipinski definition) is 2. The molecule has 0 amide bonds. The van der Waals surface area contributed by atoms with Crippen molar-refractivity contribution >= 4 is 21.6 Å². The summed E-state index contributed by atoms with van der Waals surface area (Å²) < 4.78 is 21.5. The monoisotopic (exact) mass is 181 g/mol. The van der Waals surface area contributed by atoms with E-state index >= 15 is 0 Å². The molecule has 12 heavy (non-hydrogen) atoms. The van der Waals surface area contributed by atoms with Crippen LogP contribution in [0.4, 0.5) is 0 Å². The van der Waals surface area contributed by atoms with Crippen LogP contribution in [0.2, 0.25) is 0 Å². The zero-order chi connectivity index (χ0) is 8.55. The molecule has 3 nitrogen and oxygen atoms in total. The van der Waals surface area contributed by atoms with E-state index in [0.29, 0.717) is 4.90 Å². The molecule has 0 fully saturated rings. The molecule has 62 valence electrons. The number of rotatable bonds is 1. The van der Waals surface area contributed by atoms with E-state index in [-0.39, 0.29) is 0 Å². The van der Waals surface area contributed by atoms with Crippen molar-refractivity contribution in [3.8, 4) is 0 Å². The smallest absolute Gasteiger partial charge is 0.168 e. The van der Waals surface area contributed by atoms with Gasteiger partial charge in [0.25, 0.3) is 0 Å².